The van der Waals surface area contributed by atoms with Gasteiger partial charge in [-0.15, -0.1) is 0 Å². The minimum Gasteiger partial charge on any atom is -0.496 e. The number of allylic oxidation sites excluding steroid dienone is 1. The van der Waals surface area contributed by atoms with Crippen LogP contribution in [0.4, 0.5) is 0 Å². The summed E-state index contributed by atoms with van der Waals surface area (Å²) in [6.45, 7) is 1.94. The van der Waals surface area contributed by atoms with Crippen LogP contribution in [0.2, 0.25) is 0 Å². The molecular formula is C12H9BrN2O. The van der Waals surface area contributed by atoms with Crippen molar-refractivity contribution in [3.63, 3.8) is 0 Å². The van der Waals surface area contributed by atoms with Crippen molar-refractivity contribution in [2.24, 2.45) is 0 Å². The number of benzene rings is 1. The van der Waals surface area contributed by atoms with Crippen LogP contribution in [0.15, 0.2) is 22.2 Å². The summed E-state index contributed by atoms with van der Waals surface area (Å²) in [6.07, 6.45) is 1.50. The molecule has 80 valence electrons. The molecule has 0 heterocycles. The molecule has 0 aromatic heterocycles. The number of rotatable bonds is 2. The average molecular weight is 277 g/mol. The molecule has 0 aliphatic heterocycles. The lowest BCUT2D eigenvalue weighted by Crippen LogP contribution is -1.90. The standard InChI is InChI=1S/C12H9BrN2O/c1-8-3-12(16-2)10(5-11(8)13)4-9(6-14)7-15/h3-5H,1-2H3. The van der Waals surface area contributed by atoms with Gasteiger partial charge in [0, 0.05) is 10.0 Å². The van der Waals surface area contributed by atoms with Crippen molar-refractivity contribution in [3.8, 4) is 17.9 Å². The zero-order valence-corrected chi connectivity index (χ0v) is 10.5. The Hall–Kier alpha value is -1.78. The van der Waals surface area contributed by atoms with Gasteiger partial charge in [0.1, 0.15) is 23.5 Å². The second-order valence-corrected chi connectivity index (χ2v) is 3.98. The van der Waals surface area contributed by atoms with Crippen molar-refractivity contribution in [3.05, 3.63) is 33.3 Å². The Labute approximate surface area is 103 Å². The van der Waals surface area contributed by atoms with Crippen molar-refractivity contribution in [1.82, 2.24) is 0 Å². The first-order valence-electron chi connectivity index (χ1n) is 4.48. The van der Waals surface area contributed by atoms with E-state index in [0.717, 1.165) is 10.0 Å². The third-order valence-corrected chi connectivity index (χ3v) is 2.91. The lowest BCUT2D eigenvalue weighted by Gasteiger charge is -2.07. The molecule has 0 fully saturated rings. The van der Waals surface area contributed by atoms with Crippen molar-refractivity contribution in [2.75, 3.05) is 7.11 Å². The lowest BCUT2D eigenvalue weighted by molar-refractivity contribution is 0.413. The second-order valence-electron chi connectivity index (χ2n) is 3.12. The molecular weight excluding hydrogens is 268 g/mol. The van der Waals surface area contributed by atoms with E-state index in [-0.39, 0.29) is 5.57 Å². The Bertz CT molecular complexity index is 505. The minimum atomic E-state index is 0.0500. The summed E-state index contributed by atoms with van der Waals surface area (Å²) >= 11 is 3.39. The first-order valence-corrected chi connectivity index (χ1v) is 5.27. The van der Waals surface area contributed by atoms with Crippen molar-refractivity contribution in [1.29, 1.82) is 10.5 Å². The maximum absolute atomic E-state index is 8.68. The summed E-state index contributed by atoms with van der Waals surface area (Å²) in [5.41, 5.74) is 1.79. The molecule has 0 radical (unpaired) electrons. The van der Waals surface area contributed by atoms with Crippen LogP contribution in [-0.4, -0.2) is 7.11 Å². The molecule has 0 aliphatic rings. The first kappa shape index (κ1) is 12.3. The van der Waals surface area contributed by atoms with Crippen LogP contribution in [-0.2, 0) is 0 Å². The van der Waals surface area contributed by atoms with Crippen LogP contribution in [0.3, 0.4) is 0 Å². The molecule has 0 N–H and O–H groups in total. The van der Waals surface area contributed by atoms with Gasteiger partial charge in [-0.3, -0.25) is 0 Å². The highest BCUT2D eigenvalue weighted by Crippen LogP contribution is 2.28. The summed E-state index contributed by atoms with van der Waals surface area (Å²) in [6, 6.07) is 7.30. The molecule has 3 nitrogen and oxygen atoms in total. The fourth-order valence-corrected chi connectivity index (χ4v) is 1.57. The van der Waals surface area contributed by atoms with E-state index >= 15 is 0 Å². The number of nitrogens with zero attached hydrogens (tertiary/aromatic N) is 2. The zero-order valence-electron chi connectivity index (χ0n) is 8.91. The predicted molar refractivity (Wildman–Crippen MR) is 64.6 cm³/mol. The lowest BCUT2D eigenvalue weighted by atomic mass is 10.1. The van der Waals surface area contributed by atoms with Crippen molar-refractivity contribution < 1.29 is 4.74 Å². The van der Waals surface area contributed by atoms with Gasteiger partial charge in [-0.2, -0.15) is 10.5 Å². The van der Waals surface area contributed by atoms with Gasteiger partial charge in [-0.05, 0) is 30.7 Å². The Morgan fingerprint density at radius 1 is 1.38 bits per heavy atom. The van der Waals surface area contributed by atoms with E-state index in [2.05, 4.69) is 15.9 Å². The molecule has 4 heteroatoms. The maximum Gasteiger partial charge on any atom is 0.130 e. The number of ether oxygens (including phenoxy) is 1. The van der Waals surface area contributed by atoms with Crippen LogP contribution in [0.25, 0.3) is 6.08 Å². The quantitative estimate of drug-likeness (QED) is 0.780. The van der Waals surface area contributed by atoms with Gasteiger partial charge in [-0.25, -0.2) is 0 Å². The largest absolute Gasteiger partial charge is 0.496 e. The average Bonchev–Trinajstić information content (AvgIpc) is 2.29. The minimum absolute atomic E-state index is 0.0500. The van der Waals surface area contributed by atoms with E-state index in [0.29, 0.717) is 11.3 Å². The topological polar surface area (TPSA) is 56.8 Å². The Kier molecular flexibility index (Phi) is 4.10. The van der Waals surface area contributed by atoms with E-state index in [1.807, 2.05) is 31.2 Å². The molecule has 1 rings (SSSR count). The van der Waals surface area contributed by atoms with E-state index in [9.17, 15) is 0 Å². The SMILES string of the molecule is COc1cc(C)c(Br)cc1C=C(C#N)C#N. The molecule has 0 aliphatic carbocycles. The molecule has 16 heavy (non-hydrogen) atoms. The zero-order chi connectivity index (χ0) is 12.1. The molecule has 0 saturated heterocycles. The van der Waals surface area contributed by atoms with Gasteiger partial charge >= 0.3 is 0 Å². The molecule has 0 amide bonds. The van der Waals surface area contributed by atoms with Crippen molar-refractivity contribution in [2.45, 2.75) is 6.92 Å². The summed E-state index contributed by atoms with van der Waals surface area (Å²) in [4.78, 5) is 0. The van der Waals surface area contributed by atoms with Crippen LogP contribution in [0.1, 0.15) is 11.1 Å². The third kappa shape index (κ3) is 2.62. The third-order valence-electron chi connectivity index (χ3n) is 2.05. The molecule has 1 aromatic carbocycles. The highest BCUT2D eigenvalue weighted by Gasteiger charge is 2.05. The van der Waals surface area contributed by atoms with E-state index in [1.54, 1.807) is 7.11 Å². The van der Waals surface area contributed by atoms with E-state index in [1.165, 1.54) is 6.08 Å². The predicted octanol–water partition coefficient (Wildman–Crippen LogP) is 3.20. The Morgan fingerprint density at radius 2 is 2.00 bits per heavy atom. The van der Waals surface area contributed by atoms with Gasteiger partial charge < -0.3 is 4.74 Å². The molecule has 0 saturated carbocycles. The Balaban J connectivity index is 3.35. The number of nitriles is 2. The maximum atomic E-state index is 8.68. The van der Waals surface area contributed by atoms with Gasteiger partial charge in [0.2, 0.25) is 0 Å². The van der Waals surface area contributed by atoms with Gasteiger partial charge in [0.25, 0.3) is 0 Å². The molecule has 0 bridgehead atoms. The number of halogens is 1. The number of methoxy groups -OCH3 is 1. The van der Waals surface area contributed by atoms with Crippen molar-refractivity contribution >= 4 is 22.0 Å². The van der Waals surface area contributed by atoms with E-state index in [4.69, 9.17) is 15.3 Å². The highest BCUT2D eigenvalue weighted by molar-refractivity contribution is 9.10. The number of hydrogen-bond donors (Lipinski definition) is 0. The first-order chi connectivity index (χ1) is 7.62. The van der Waals surface area contributed by atoms with E-state index < -0.39 is 0 Å². The number of hydrogen-bond acceptors (Lipinski definition) is 3. The monoisotopic (exact) mass is 276 g/mol. The molecule has 0 spiro atoms. The molecule has 1 aromatic rings. The fourth-order valence-electron chi connectivity index (χ4n) is 1.21. The molecule has 0 unspecified atom stereocenters. The van der Waals surface area contributed by atoms with Crippen LogP contribution in [0.5, 0.6) is 5.75 Å². The number of aryl methyl sites for hydroxylation is 1. The smallest absolute Gasteiger partial charge is 0.130 e. The normalized spacial score (nSPS) is 8.81. The van der Waals surface area contributed by atoms with Crippen LogP contribution in [0, 0.1) is 29.6 Å². The molecule has 0 atom stereocenters. The van der Waals surface area contributed by atoms with Gasteiger partial charge in [0.05, 0.1) is 7.11 Å². The van der Waals surface area contributed by atoms with Gasteiger partial charge in [0.15, 0.2) is 0 Å². The summed E-state index contributed by atoms with van der Waals surface area (Å²) in [7, 11) is 1.55. The van der Waals surface area contributed by atoms with Gasteiger partial charge in [-0.1, -0.05) is 15.9 Å². The van der Waals surface area contributed by atoms with Crippen LogP contribution < -0.4 is 4.74 Å². The Morgan fingerprint density at radius 3 is 2.50 bits per heavy atom. The van der Waals surface area contributed by atoms with Crippen LogP contribution >= 0.6 is 15.9 Å². The highest BCUT2D eigenvalue weighted by atomic mass is 79.9. The summed E-state index contributed by atoms with van der Waals surface area (Å²) in [5.74, 6) is 0.642. The second kappa shape index (κ2) is 5.34. The summed E-state index contributed by atoms with van der Waals surface area (Å²) < 4.78 is 6.10. The summed E-state index contributed by atoms with van der Waals surface area (Å²) in [5, 5.41) is 17.4. The fraction of sp³-hybridized carbons (Fsp3) is 0.167.